The summed E-state index contributed by atoms with van der Waals surface area (Å²) >= 11 is 0. The number of carbonyl (C=O) groups excluding carboxylic acids is 1. The van der Waals surface area contributed by atoms with Gasteiger partial charge in [-0.15, -0.1) is 0 Å². The van der Waals surface area contributed by atoms with Crippen LogP contribution in [0.25, 0.3) is 0 Å². The molecule has 0 aliphatic carbocycles. The maximum atomic E-state index is 11.4. The third-order valence-corrected chi connectivity index (χ3v) is 2.90. The van der Waals surface area contributed by atoms with E-state index in [-0.39, 0.29) is 0 Å². The molecule has 0 N–H and O–H groups in total. The van der Waals surface area contributed by atoms with Crippen molar-refractivity contribution in [3.05, 3.63) is 48.3 Å². The molecule has 4 heteroatoms. The van der Waals surface area contributed by atoms with Gasteiger partial charge in [-0.2, -0.15) is 0 Å². The van der Waals surface area contributed by atoms with Gasteiger partial charge in [-0.3, -0.25) is 14.7 Å². The molecule has 0 fully saturated rings. The van der Waals surface area contributed by atoms with Gasteiger partial charge in [0.2, 0.25) is 6.41 Å². The van der Waals surface area contributed by atoms with E-state index < -0.39 is 0 Å². The lowest BCUT2D eigenvalue weighted by molar-refractivity contribution is -0.106. The fraction of sp³-hybridized carbons (Fsp3) is 0.200. The van der Waals surface area contributed by atoms with Crippen LogP contribution in [0.1, 0.15) is 5.69 Å². The molecule has 0 atom stereocenters. The van der Waals surface area contributed by atoms with Gasteiger partial charge in [-0.25, -0.2) is 0 Å². The van der Waals surface area contributed by atoms with Crippen LogP contribution in [-0.4, -0.2) is 25.5 Å². The van der Waals surface area contributed by atoms with Gasteiger partial charge in [0.15, 0.2) is 0 Å². The highest BCUT2D eigenvalue weighted by Crippen LogP contribution is 2.31. The number of amides is 1. The summed E-state index contributed by atoms with van der Waals surface area (Å²) in [5.74, 6) is 0. The van der Waals surface area contributed by atoms with Gasteiger partial charge in [0.25, 0.3) is 0 Å². The molecule has 0 bridgehead atoms. The van der Waals surface area contributed by atoms with Crippen LogP contribution in [-0.2, 0) is 4.79 Å². The SMILES string of the molecule is Cc1ccc(N(C=O)c2ccccc2N(C)C)cn1. The number of pyridine rings is 1. The van der Waals surface area contributed by atoms with Crippen molar-refractivity contribution in [2.75, 3.05) is 23.9 Å². The number of benzene rings is 1. The van der Waals surface area contributed by atoms with Crippen molar-refractivity contribution in [2.45, 2.75) is 6.92 Å². The van der Waals surface area contributed by atoms with E-state index in [4.69, 9.17) is 0 Å². The van der Waals surface area contributed by atoms with Crippen molar-refractivity contribution in [1.82, 2.24) is 4.98 Å². The summed E-state index contributed by atoms with van der Waals surface area (Å²) in [4.78, 5) is 19.3. The van der Waals surface area contributed by atoms with Gasteiger partial charge in [0.05, 0.1) is 23.3 Å². The van der Waals surface area contributed by atoms with Crippen LogP contribution >= 0.6 is 0 Å². The lowest BCUT2D eigenvalue weighted by Gasteiger charge is -2.24. The van der Waals surface area contributed by atoms with Crippen molar-refractivity contribution < 1.29 is 4.79 Å². The molecule has 19 heavy (non-hydrogen) atoms. The summed E-state index contributed by atoms with van der Waals surface area (Å²) < 4.78 is 0. The summed E-state index contributed by atoms with van der Waals surface area (Å²) in [6, 6.07) is 11.6. The molecular formula is C15H17N3O. The molecule has 1 aromatic carbocycles. The highest BCUT2D eigenvalue weighted by Gasteiger charge is 2.13. The minimum atomic E-state index is 0.759. The number of para-hydroxylation sites is 2. The molecule has 1 heterocycles. The first-order valence-electron chi connectivity index (χ1n) is 6.07. The Labute approximate surface area is 113 Å². The number of aromatic nitrogens is 1. The van der Waals surface area contributed by atoms with E-state index >= 15 is 0 Å². The molecule has 0 saturated heterocycles. The summed E-state index contributed by atoms with van der Waals surface area (Å²) in [6.45, 7) is 1.92. The van der Waals surface area contributed by atoms with Gasteiger partial charge in [0, 0.05) is 19.8 Å². The van der Waals surface area contributed by atoms with Crippen LogP contribution in [0, 0.1) is 6.92 Å². The zero-order chi connectivity index (χ0) is 13.8. The largest absolute Gasteiger partial charge is 0.376 e. The average molecular weight is 255 g/mol. The molecule has 0 aliphatic heterocycles. The van der Waals surface area contributed by atoms with Gasteiger partial charge >= 0.3 is 0 Å². The van der Waals surface area contributed by atoms with Crippen LogP contribution in [0.4, 0.5) is 17.1 Å². The zero-order valence-corrected chi connectivity index (χ0v) is 11.4. The number of carbonyl (C=O) groups is 1. The maximum Gasteiger partial charge on any atom is 0.218 e. The predicted octanol–water partition coefficient (Wildman–Crippen LogP) is 2.75. The number of anilines is 3. The van der Waals surface area contributed by atoms with Crippen molar-refractivity contribution in [2.24, 2.45) is 0 Å². The van der Waals surface area contributed by atoms with Gasteiger partial charge in [-0.1, -0.05) is 12.1 Å². The Balaban J connectivity index is 2.48. The van der Waals surface area contributed by atoms with Crippen LogP contribution in [0.3, 0.4) is 0 Å². The quantitative estimate of drug-likeness (QED) is 0.788. The number of aryl methyl sites for hydroxylation is 1. The summed E-state index contributed by atoms with van der Waals surface area (Å²) in [7, 11) is 3.91. The third-order valence-electron chi connectivity index (χ3n) is 2.90. The van der Waals surface area contributed by atoms with Crippen LogP contribution in [0.15, 0.2) is 42.6 Å². The Kier molecular flexibility index (Phi) is 3.80. The van der Waals surface area contributed by atoms with E-state index in [0.29, 0.717) is 0 Å². The second-order valence-electron chi connectivity index (χ2n) is 4.52. The lowest BCUT2D eigenvalue weighted by atomic mass is 10.2. The molecule has 98 valence electrons. The summed E-state index contributed by atoms with van der Waals surface area (Å²) in [5.41, 5.74) is 3.51. The number of hydrogen-bond acceptors (Lipinski definition) is 3. The van der Waals surface area contributed by atoms with Crippen molar-refractivity contribution in [1.29, 1.82) is 0 Å². The maximum absolute atomic E-state index is 11.4. The van der Waals surface area contributed by atoms with E-state index in [1.807, 2.05) is 62.3 Å². The monoisotopic (exact) mass is 255 g/mol. The Morgan fingerprint density at radius 2 is 1.74 bits per heavy atom. The van der Waals surface area contributed by atoms with E-state index in [2.05, 4.69) is 4.98 Å². The second kappa shape index (κ2) is 5.52. The second-order valence-corrected chi connectivity index (χ2v) is 4.52. The van der Waals surface area contributed by atoms with E-state index in [1.54, 1.807) is 11.1 Å². The Morgan fingerprint density at radius 3 is 2.26 bits per heavy atom. The fourth-order valence-corrected chi connectivity index (χ4v) is 1.91. The Hall–Kier alpha value is -2.36. The smallest absolute Gasteiger partial charge is 0.218 e. The first kappa shape index (κ1) is 13.1. The average Bonchev–Trinajstić information content (AvgIpc) is 2.42. The molecule has 1 amide bonds. The predicted molar refractivity (Wildman–Crippen MR) is 77.9 cm³/mol. The highest BCUT2D eigenvalue weighted by molar-refractivity contribution is 5.91. The van der Waals surface area contributed by atoms with Gasteiger partial charge < -0.3 is 4.90 Å². The first-order valence-corrected chi connectivity index (χ1v) is 6.07. The molecule has 0 unspecified atom stereocenters. The van der Waals surface area contributed by atoms with Crippen LogP contribution in [0.2, 0.25) is 0 Å². The topological polar surface area (TPSA) is 36.4 Å². The molecular weight excluding hydrogens is 238 g/mol. The molecule has 4 nitrogen and oxygen atoms in total. The number of rotatable bonds is 4. The molecule has 0 radical (unpaired) electrons. The van der Waals surface area contributed by atoms with Crippen LogP contribution < -0.4 is 9.80 Å². The van der Waals surface area contributed by atoms with E-state index in [9.17, 15) is 4.79 Å². The zero-order valence-electron chi connectivity index (χ0n) is 11.4. The van der Waals surface area contributed by atoms with E-state index in [0.717, 1.165) is 29.2 Å². The minimum Gasteiger partial charge on any atom is -0.376 e. The standard InChI is InChI=1S/C15H17N3O/c1-12-8-9-13(10-16-12)18(11-19)15-7-5-4-6-14(15)17(2)3/h4-11H,1-3H3. The Bertz CT molecular complexity index is 564. The molecule has 0 spiro atoms. The molecule has 0 saturated carbocycles. The number of hydrogen-bond donors (Lipinski definition) is 0. The van der Waals surface area contributed by atoms with Crippen LogP contribution in [0.5, 0.6) is 0 Å². The normalized spacial score (nSPS) is 10.1. The van der Waals surface area contributed by atoms with Gasteiger partial charge in [0.1, 0.15) is 0 Å². The van der Waals surface area contributed by atoms with E-state index in [1.165, 1.54) is 0 Å². The molecule has 2 aromatic rings. The molecule has 2 rings (SSSR count). The highest BCUT2D eigenvalue weighted by atomic mass is 16.1. The van der Waals surface area contributed by atoms with Crippen molar-refractivity contribution in [3.8, 4) is 0 Å². The minimum absolute atomic E-state index is 0.759. The summed E-state index contributed by atoms with van der Waals surface area (Å²) in [6.07, 6.45) is 2.52. The number of nitrogens with zero attached hydrogens (tertiary/aromatic N) is 3. The third kappa shape index (κ3) is 2.73. The Morgan fingerprint density at radius 1 is 1.05 bits per heavy atom. The molecule has 1 aromatic heterocycles. The van der Waals surface area contributed by atoms with Gasteiger partial charge in [-0.05, 0) is 31.2 Å². The lowest BCUT2D eigenvalue weighted by Crippen LogP contribution is -2.19. The first-order chi connectivity index (χ1) is 9.13. The van der Waals surface area contributed by atoms with Crippen molar-refractivity contribution in [3.63, 3.8) is 0 Å². The fourth-order valence-electron chi connectivity index (χ4n) is 1.91. The summed E-state index contributed by atoms with van der Waals surface area (Å²) in [5, 5.41) is 0. The van der Waals surface area contributed by atoms with Crippen molar-refractivity contribution >= 4 is 23.5 Å². The molecule has 0 aliphatic rings.